The summed E-state index contributed by atoms with van der Waals surface area (Å²) >= 11 is 0. The van der Waals surface area contributed by atoms with Crippen LogP contribution in [-0.4, -0.2) is 37.7 Å². The van der Waals surface area contributed by atoms with Crippen molar-refractivity contribution >= 4 is 0 Å². The van der Waals surface area contributed by atoms with E-state index in [4.69, 9.17) is 15.2 Å². The van der Waals surface area contributed by atoms with Gasteiger partial charge in [-0.05, 0) is 48.4 Å². The van der Waals surface area contributed by atoms with Gasteiger partial charge in [0.15, 0.2) is 11.5 Å². The molecule has 0 fully saturated rings. The summed E-state index contributed by atoms with van der Waals surface area (Å²) in [4.78, 5) is 2.56. The first kappa shape index (κ1) is 19.1. The molecule has 2 rings (SSSR count). The van der Waals surface area contributed by atoms with Crippen LogP contribution in [0.4, 0.5) is 0 Å². The van der Waals surface area contributed by atoms with Crippen LogP contribution < -0.4 is 15.2 Å². The number of hydrogen-bond acceptors (Lipinski definition) is 4. The van der Waals surface area contributed by atoms with Gasteiger partial charge < -0.3 is 15.2 Å². The van der Waals surface area contributed by atoms with Crippen molar-refractivity contribution in [3.05, 3.63) is 23.8 Å². The van der Waals surface area contributed by atoms with Crippen molar-refractivity contribution in [2.24, 2.45) is 17.1 Å². The van der Waals surface area contributed by atoms with Crippen molar-refractivity contribution in [3.8, 4) is 11.5 Å². The molecule has 1 aliphatic rings. The van der Waals surface area contributed by atoms with Crippen LogP contribution in [0.5, 0.6) is 11.5 Å². The lowest BCUT2D eigenvalue weighted by molar-refractivity contribution is 0.145. The second-order valence-corrected chi connectivity index (χ2v) is 8.10. The van der Waals surface area contributed by atoms with E-state index in [0.717, 1.165) is 44.1 Å². The zero-order valence-corrected chi connectivity index (χ0v) is 15.8. The van der Waals surface area contributed by atoms with E-state index in [2.05, 4.69) is 44.7 Å². The molecule has 0 radical (unpaired) electrons. The average molecular weight is 335 g/mol. The zero-order chi connectivity index (χ0) is 17.6. The van der Waals surface area contributed by atoms with Gasteiger partial charge in [-0.15, -0.1) is 0 Å². The molecule has 1 aromatic rings. The second kappa shape index (κ2) is 8.72. The summed E-state index contributed by atoms with van der Waals surface area (Å²) in [6, 6.07) is 6.33. The van der Waals surface area contributed by atoms with Gasteiger partial charge in [0.05, 0.1) is 0 Å². The lowest BCUT2D eigenvalue weighted by Gasteiger charge is -2.34. The maximum absolute atomic E-state index is 5.72. The number of rotatable bonds is 9. The van der Waals surface area contributed by atoms with Crippen LogP contribution in [-0.2, 0) is 6.54 Å². The van der Waals surface area contributed by atoms with Crippen molar-refractivity contribution < 1.29 is 9.47 Å². The molecule has 0 aromatic heterocycles. The molecular weight excluding hydrogens is 300 g/mol. The topological polar surface area (TPSA) is 47.7 Å². The Morgan fingerprint density at radius 3 is 2.54 bits per heavy atom. The summed E-state index contributed by atoms with van der Waals surface area (Å²) < 4.78 is 11.3. The minimum Gasteiger partial charge on any atom is -0.486 e. The molecule has 0 saturated heterocycles. The first-order chi connectivity index (χ1) is 11.4. The number of ether oxygens (including phenoxy) is 2. The minimum absolute atomic E-state index is 0.280. The van der Waals surface area contributed by atoms with Crippen LogP contribution in [0.3, 0.4) is 0 Å². The standard InChI is InChI=1S/C20H34N2O2/c1-16(2)13-22(15-20(3,4)8-5-9-21)14-17-6-7-18-19(12-17)24-11-10-23-18/h6-7,12,16H,5,8-11,13-15,21H2,1-4H3. The summed E-state index contributed by atoms with van der Waals surface area (Å²) in [5.74, 6) is 2.39. The minimum atomic E-state index is 0.280. The van der Waals surface area contributed by atoms with Crippen LogP contribution in [0.2, 0.25) is 0 Å². The molecule has 0 aliphatic carbocycles. The Balaban J connectivity index is 2.05. The van der Waals surface area contributed by atoms with Crippen molar-refractivity contribution in [1.82, 2.24) is 4.90 Å². The van der Waals surface area contributed by atoms with Crippen LogP contribution >= 0.6 is 0 Å². The fourth-order valence-corrected chi connectivity index (χ4v) is 3.41. The molecule has 4 heteroatoms. The average Bonchev–Trinajstić information content (AvgIpc) is 2.52. The van der Waals surface area contributed by atoms with E-state index in [1.165, 1.54) is 12.0 Å². The summed E-state index contributed by atoms with van der Waals surface area (Å²) in [6.07, 6.45) is 2.26. The third-order valence-corrected chi connectivity index (χ3v) is 4.35. The van der Waals surface area contributed by atoms with E-state index in [9.17, 15) is 0 Å². The molecule has 1 aromatic carbocycles. The summed E-state index contributed by atoms with van der Waals surface area (Å²) in [7, 11) is 0. The van der Waals surface area contributed by atoms with E-state index in [-0.39, 0.29) is 5.41 Å². The summed E-state index contributed by atoms with van der Waals surface area (Å²) in [6.45, 7) is 14.4. The predicted octanol–water partition coefficient (Wildman–Crippen LogP) is 3.68. The fourth-order valence-electron chi connectivity index (χ4n) is 3.41. The quantitative estimate of drug-likeness (QED) is 0.748. The second-order valence-electron chi connectivity index (χ2n) is 8.10. The Kier molecular flexibility index (Phi) is 6.93. The lowest BCUT2D eigenvalue weighted by atomic mass is 9.86. The van der Waals surface area contributed by atoms with E-state index >= 15 is 0 Å². The van der Waals surface area contributed by atoms with Gasteiger partial charge in [0.2, 0.25) is 0 Å². The number of nitrogens with zero attached hydrogens (tertiary/aromatic N) is 1. The maximum Gasteiger partial charge on any atom is 0.161 e. The molecular formula is C20H34N2O2. The molecule has 0 unspecified atom stereocenters. The van der Waals surface area contributed by atoms with Gasteiger partial charge in [-0.25, -0.2) is 0 Å². The molecule has 0 amide bonds. The fraction of sp³-hybridized carbons (Fsp3) is 0.700. The van der Waals surface area contributed by atoms with Crippen LogP contribution in [0.25, 0.3) is 0 Å². The Bertz CT molecular complexity index is 514. The molecule has 4 nitrogen and oxygen atoms in total. The zero-order valence-electron chi connectivity index (χ0n) is 15.8. The SMILES string of the molecule is CC(C)CN(Cc1ccc2c(c1)OCCO2)CC(C)(C)CCCN. The molecule has 24 heavy (non-hydrogen) atoms. The predicted molar refractivity (Wildman–Crippen MR) is 99.6 cm³/mol. The van der Waals surface area contributed by atoms with Gasteiger partial charge in [0.25, 0.3) is 0 Å². The first-order valence-corrected chi connectivity index (χ1v) is 9.20. The van der Waals surface area contributed by atoms with E-state index in [1.54, 1.807) is 0 Å². The molecule has 0 saturated carbocycles. The summed E-state index contributed by atoms with van der Waals surface area (Å²) in [5, 5.41) is 0. The molecule has 136 valence electrons. The molecule has 1 heterocycles. The smallest absolute Gasteiger partial charge is 0.161 e. The van der Waals surface area contributed by atoms with Crippen LogP contribution in [0, 0.1) is 11.3 Å². The Morgan fingerprint density at radius 2 is 1.88 bits per heavy atom. The van der Waals surface area contributed by atoms with Crippen molar-refractivity contribution in [1.29, 1.82) is 0 Å². The highest BCUT2D eigenvalue weighted by Gasteiger charge is 2.22. The monoisotopic (exact) mass is 334 g/mol. The van der Waals surface area contributed by atoms with Gasteiger partial charge in [-0.1, -0.05) is 33.8 Å². The Hall–Kier alpha value is -1.26. The molecule has 1 aliphatic heterocycles. The highest BCUT2D eigenvalue weighted by atomic mass is 16.6. The van der Waals surface area contributed by atoms with E-state index in [0.29, 0.717) is 19.1 Å². The normalized spacial score (nSPS) is 14.5. The number of hydrogen-bond donors (Lipinski definition) is 1. The molecule has 0 bridgehead atoms. The van der Waals surface area contributed by atoms with Crippen LogP contribution in [0.1, 0.15) is 46.1 Å². The first-order valence-electron chi connectivity index (χ1n) is 9.20. The number of benzene rings is 1. The third kappa shape index (κ3) is 5.99. The Labute approximate surface area is 147 Å². The highest BCUT2D eigenvalue weighted by molar-refractivity contribution is 5.43. The van der Waals surface area contributed by atoms with Crippen molar-refractivity contribution in [2.75, 3.05) is 32.8 Å². The van der Waals surface area contributed by atoms with Gasteiger partial charge in [0.1, 0.15) is 13.2 Å². The largest absolute Gasteiger partial charge is 0.486 e. The van der Waals surface area contributed by atoms with Gasteiger partial charge in [-0.2, -0.15) is 0 Å². The third-order valence-electron chi connectivity index (χ3n) is 4.35. The Morgan fingerprint density at radius 1 is 1.17 bits per heavy atom. The number of nitrogens with two attached hydrogens (primary N) is 1. The van der Waals surface area contributed by atoms with Crippen molar-refractivity contribution in [2.45, 2.75) is 47.1 Å². The number of fused-ring (bicyclic) bond motifs is 1. The summed E-state index contributed by atoms with van der Waals surface area (Å²) in [5.41, 5.74) is 7.26. The highest BCUT2D eigenvalue weighted by Crippen LogP contribution is 2.32. The lowest BCUT2D eigenvalue weighted by Crippen LogP contribution is -2.36. The molecule has 0 spiro atoms. The van der Waals surface area contributed by atoms with Gasteiger partial charge in [0, 0.05) is 19.6 Å². The van der Waals surface area contributed by atoms with Gasteiger partial charge >= 0.3 is 0 Å². The molecule has 2 N–H and O–H groups in total. The van der Waals surface area contributed by atoms with Crippen molar-refractivity contribution in [3.63, 3.8) is 0 Å². The van der Waals surface area contributed by atoms with E-state index in [1.807, 2.05) is 6.07 Å². The van der Waals surface area contributed by atoms with E-state index < -0.39 is 0 Å². The van der Waals surface area contributed by atoms with Crippen LogP contribution in [0.15, 0.2) is 18.2 Å². The maximum atomic E-state index is 5.72. The molecule has 0 atom stereocenters. The van der Waals surface area contributed by atoms with Gasteiger partial charge in [-0.3, -0.25) is 4.90 Å².